The Balaban J connectivity index is 2.20. The zero-order valence-corrected chi connectivity index (χ0v) is 11.5. The van der Waals surface area contributed by atoms with Crippen molar-refractivity contribution >= 4 is 17.3 Å². The lowest BCUT2D eigenvalue weighted by atomic mass is 9.94. The predicted molar refractivity (Wildman–Crippen MR) is 75.4 cm³/mol. The molecular weight excluding hydrogens is 262 g/mol. The molecule has 8 heteroatoms. The third kappa shape index (κ3) is 3.34. The van der Waals surface area contributed by atoms with Gasteiger partial charge in [-0.15, -0.1) is 0 Å². The second kappa shape index (κ2) is 5.59. The van der Waals surface area contributed by atoms with E-state index < -0.39 is 4.92 Å². The summed E-state index contributed by atoms with van der Waals surface area (Å²) in [5.41, 5.74) is 2.09. The van der Waals surface area contributed by atoms with Crippen molar-refractivity contribution in [3.05, 3.63) is 22.2 Å². The molecule has 0 radical (unpaired) electrons. The first kappa shape index (κ1) is 14.5. The SMILES string of the molecule is CC1(C)CC(Nc2nc(NN)ccc2[N+](=O)[O-])CCO1. The topological polar surface area (TPSA) is 115 Å². The lowest BCUT2D eigenvalue weighted by Gasteiger charge is -2.35. The number of ether oxygens (including phenoxy) is 1. The number of nitro groups is 1. The van der Waals surface area contributed by atoms with Gasteiger partial charge in [0, 0.05) is 18.7 Å². The Bertz CT molecular complexity index is 506. The molecule has 1 atom stereocenters. The van der Waals surface area contributed by atoms with E-state index in [0.29, 0.717) is 12.4 Å². The van der Waals surface area contributed by atoms with Crippen molar-refractivity contribution in [2.75, 3.05) is 17.3 Å². The maximum atomic E-state index is 11.0. The molecule has 1 saturated heterocycles. The van der Waals surface area contributed by atoms with E-state index in [1.54, 1.807) is 0 Å². The van der Waals surface area contributed by atoms with E-state index in [2.05, 4.69) is 15.7 Å². The lowest BCUT2D eigenvalue weighted by Crippen LogP contribution is -2.40. The molecule has 2 rings (SSSR count). The molecule has 0 aliphatic carbocycles. The van der Waals surface area contributed by atoms with Crippen LogP contribution in [0.5, 0.6) is 0 Å². The fourth-order valence-electron chi connectivity index (χ4n) is 2.33. The van der Waals surface area contributed by atoms with E-state index in [1.165, 1.54) is 12.1 Å². The van der Waals surface area contributed by atoms with Crippen LogP contribution in [-0.2, 0) is 4.74 Å². The summed E-state index contributed by atoms with van der Waals surface area (Å²) in [6.45, 7) is 4.62. The molecule has 0 amide bonds. The average Bonchev–Trinajstić information content (AvgIpc) is 2.37. The minimum Gasteiger partial charge on any atom is -0.375 e. The number of nitrogens with two attached hydrogens (primary N) is 1. The number of pyridine rings is 1. The zero-order chi connectivity index (χ0) is 14.8. The van der Waals surface area contributed by atoms with E-state index >= 15 is 0 Å². The predicted octanol–water partition coefficient (Wildman–Crippen LogP) is 1.64. The van der Waals surface area contributed by atoms with Crippen LogP contribution in [0.1, 0.15) is 26.7 Å². The van der Waals surface area contributed by atoms with Crippen molar-refractivity contribution in [1.29, 1.82) is 0 Å². The molecule has 0 aromatic carbocycles. The van der Waals surface area contributed by atoms with Crippen molar-refractivity contribution in [2.45, 2.75) is 38.3 Å². The van der Waals surface area contributed by atoms with Gasteiger partial charge in [-0.05, 0) is 32.8 Å². The van der Waals surface area contributed by atoms with Crippen molar-refractivity contribution < 1.29 is 9.66 Å². The van der Waals surface area contributed by atoms with Crippen molar-refractivity contribution in [3.63, 3.8) is 0 Å². The fraction of sp³-hybridized carbons (Fsp3) is 0.583. The Morgan fingerprint density at radius 3 is 2.90 bits per heavy atom. The first-order chi connectivity index (χ1) is 9.41. The molecule has 110 valence electrons. The van der Waals surface area contributed by atoms with E-state index in [1.807, 2.05) is 13.8 Å². The summed E-state index contributed by atoms with van der Waals surface area (Å²) < 4.78 is 5.63. The largest absolute Gasteiger partial charge is 0.375 e. The highest BCUT2D eigenvalue weighted by Crippen LogP contribution is 2.29. The van der Waals surface area contributed by atoms with Crippen LogP contribution >= 0.6 is 0 Å². The van der Waals surface area contributed by atoms with E-state index in [9.17, 15) is 10.1 Å². The second-order valence-corrected chi connectivity index (χ2v) is 5.41. The van der Waals surface area contributed by atoms with Gasteiger partial charge in [-0.2, -0.15) is 0 Å². The number of nitrogens with one attached hydrogen (secondary N) is 2. The molecule has 1 aliphatic rings. The first-order valence-corrected chi connectivity index (χ1v) is 6.44. The quantitative estimate of drug-likeness (QED) is 0.436. The van der Waals surface area contributed by atoms with Gasteiger partial charge < -0.3 is 15.5 Å². The molecular formula is C12H19N5O3. The Morgan fingerprint density at radius 2 is 2.30 bits per heavy atom. The van der Waals surface area contributed by atoms with E-state index in [-0.39, 0.29) is 23.1 Å². The van der Waals surface area contributed by atoms with Crippen LogP contribution in [0.3, 0.4) is 0 Å². The van der Waals surface area contributed by atoms with Gasteiger partial charge in [-0.1, -0.05) is 0 Å². The fourth-order valence-corrected chi connectivity index (χ4v) is 2.33. The van der Waals surface area contributed by atoms with Gasteiger partial charge in [0.15, 0.2) is 0 Å². The highest BCUT2D eigenvalue weighted by molar-refractivity contribution is 5.60. The molecule has 1 fully saturated rings. The molecule has 0 saturated carbocycles. The van der Waals surface area contributed by atoms with Gasteiger partial charge in [0.1, 0.15) is 5.82 Å². The molecule has 1 aromatic rings. The number of hydrazine groups is 1. The zero-order valence-electron chi connectivity index (χ0n) is 11.5. The van der Waals surface area contributed by atoms with Crippen molar-refractivity contribution in [2.24, 2.45) is 5.84 Å². The second-order valence-electron chi connectivity index (χ2n) is 5.41. The molecule has 1 aliphatic heterocycles. The minimum atomic E-state index is -0.458. The summed E-state index contributed by atoms with van der Waals surface area (Å²) in [5.74, 6) is 5.90. The van der Waals surface area contributed by atoms with Crippen molar-refractivity contribution in [1.82, 2.24) is 4.98 Å². The highest BCUT2D eigenvalue weighted by atomic mass is 16.6. The molecule has 1 unspecified atom stereocenters. The monoisotopic (exact) mass is 281 g/mol. The normalized spacial score (nSPS) is 21.2. The summed E-state index contributed by atoms with van der Waals surface area (Å²) in [5, 5.41) is 14.2. The Labute approximate surface area is 116 Å². The summed E-state index contributed by atoms with van der Waals surface area (Å²) in [4.78, 5) is 14.7. The third-order valence-electron chi connectivity index (χ3n) is 3.26. The number of nitrogens with zero attached hydrogens (tertiary/aromatic N) is 2. The molecule has 4 N–H and O–H groups in total. The molecule has 0 spiro atoms. The maximum Gasteiger partial charge on any atom is 0.311 e. The van der Waals surface area contributed by atoms with E-state index in [4.69, 9.17) is 10.6 Å². The van der Waals surface area contributed by atoms with Crippen LogP contribution in [0.2, 0.25) is 0 Å². The molecule has 20 heavy (non-hydrogen) atoms. The molecule has 1 aromatic heterocycles. The average molecular weight is 281 g/mol. The van der Waals surface area contributed by atoms with Crippen LogP contribution in [0, 0.1) is 10.1 Å². The highest BCUT2D eigenvalue weighted by Gasteiger charge is 2.30. The molecule has 2 heterocycles. The lowest BCUT2D eigenvalue weighted by molar-refractivity contribution is -0.384. The number of hydrogen-bond donors (Lipinski definition) is 3. The third-order valence-corrected chi connectivity index (χ3v) is 3.26. The number of nitrogen functional groups attached to an aromatic ring is 1. The molecule has 8 nitrogen and oxygen atoms in total. The number of rotatable bonds is 4. The van der Waals surface area contributed by atoms with Crippen LogP contribution < -0.4 is 16.6 Å². The van der Waals surface area contributed by atoms with Gasteiger partial charge in [0.2, 0.25) is 5.82 Å². The summed E-state index contributed by atoms with van der Waals surface area (Å²) in [7, 11) is 0. The standard InChI is InChI=1S/C12H19N5O3/c1-12(2)7-8(5-6-20-12)14-11-9(17(18)19)3-4-10(15-11)16-13/h3-4,8H,5-7,13H2,1-2H3,(H2,14,15,16). The van der Waals surface area contributed by atoms with Crippen LogP contribution in [0.4, 0.5) is 17.3 Å². The van der Waals surface area contributed by atoms with Crippen LogP contribution in [0.25, 0.3) is 0 Å². The Kier molecular flexibility index (Phi) is 4.05. The number of hydrogen-bond acceptors (Lipinski definition) is 7. The Morgan fingerprint density at radius 1 is 1.55 bits per heavy atom. The minimum absolute atomic E-state index is 0.0618. The maximum absolute atomic E-state index is 11.0. The van der Waals surface area contributed by atoms with Gasteiger partial charge in [0.05, 0.1) is 10.5 Å². The first-order valence-electron chi connectivity index (χ1n) is 6.44. The summed E-state index contributed by atoms with van der Waals surface area (Å²) in [6, 6.07) is 2.93. The summed E-state index contributed by atoms with van der Waals surface area (Å²) in [6.07, 6.45) is 1.54. The van der Waals surface area contributed by atoms with Crippen LogP contribution in [0.15, 0.2) is 12.1 Å². The van der Waals surface area contributed by atoms with E-state index in [0.717, 1.165) is 12.8 Å². The summed E-state index contributed by atoms with van der Waals surface area (Å²) >= 11 is 0. The van der Waals surface area contributed by atoms with Crippen LogP contribution in [-0.4, -0.2) is 28.2 Å². The molecule has 0 bridgehead atoms. The number of aromatic nitrogens is 1. The number of anilines is 2. The smallest absolute Gasteiger partial charge is 0.311 e. The Hall–Kier alpha value is -1.93. The van der Waals surface area contributed by atoms with Gasteiger partial charge >= 0.3 is 5.69 Å². The van der Waals surface area contributed by atoms with Crippen molar-refractivity contribution in [3.8, 4) is 0 Å². The van der Waals surface area contributed by atoms with Gasteiger partial charge in [0.25, 0.3) is 0 Å². The van der Waals surface area contributed by atoms with Gasteiger partial charge in [-0.25, -0.2) is 10.8 Å². The van der Waals surface area contributed by atoms with Gasteiger partial charge in [-0.3, -0.25) is 10.1 Å².